The maximum atomic E-state index is 13.8. The molecule has 5 aliphatic rings. The Kier molecular flexibility index (Phi) is 6.95. The zero-order valence-electron chi connectivity index (χ0n) is 27.3. The molecule has 1 saturated heterocycles. The number of likely N-dealkylation sites (N-methyl/N-ethyl adjacent to an activating group) is 1. The second-order valence-electron chi connectivity index (χ2n) is 13.1. The molecule has 1 fully saturated rings. The lowest BCUT2D eigenvalue weighted by molar-refractivity contribution is -0.0758. The van der Waals surface area contributed by atoms with Crippen LogP contribution in [0.2, 0.25) is 0 Å². The Bertz CT molecular complexity index is 1930. The van der Waals surface area contributed by atoms with Gasteiger partial charge in [-0.15, -0.1) is 0 Å². The first-order chi connectivity index (χ1) is 23.2. The van der Waals surface area contributed by atoms with Gasteiger partial charge in [0.15, 0.2) is 23.0 Å². The minimum Gasteiger partial charge on any atom is -0.504 e. The molecule has 246 valence electrons. The molecule has 0 saturated carbocycles. The van der Waals surface area contributed by atoms with Crippen molar-refractivity contribution in [2.45, 2.75) is 56.9 Å². The summed E-state index contributed by atoms with van der Waals surface area (Å²) in [5, 5.41) is 22.7. The van der Waals surface area contributed by atoms with Crippen molar-refractivity contribution in [3.63, 3.8) is 0 Å². The Labute approximate surface area is 278 Å². The van der Waals surface area contributed by atoms with E-state index < -0.39 is 12.1 Å². The molecule has 48 heavy (non-hydrogen) atoms. The fraction of sp³-hybridized carbons (Fsp3) is 0.378. The summed E-state index contributed by atoms with van der Waals surface area (Å²) in [6.45, 7) is 7.92. The number of nitrogens with zero attached hydrogens (tertiary/aromatic N) is 4. The van der Waals surface area contributed by atoms with Crippen molar-refractivity contribution in [3.05, 3.63) is 87.5 Å². The highest BCUT2D eigenvalue weighted by Gasteiger charge is 2.57. The Morgan fingerprint density at radius 1 is 1.06 bits per heavy atom. The van der Waals surface area contributed by atoms with Crippen molar-refractivity contribution >= 4 is 11.8 Å². The number of imide groups is 1. The number of carbonyl (C=O) groups is 2. The van der Waals surface area contributed by atoms with Crippen molar-refractivity contribution in [1.82, 2.24) is 14.7 Å². The molecule has 11 nitrogen and oxygen atoms in total. The molecule has 3 aromatic carbocycles. The summed E-state index contributed by atoms with van der Waals surface area (Å²) in [5.41, 5.74) is 5.65. The van der Waals surface area contributed by atoms with Gasteiger partial charge in [-0.3, -0.25) is 24.3 Å². The summed E-state index contributed by atoms with van der Waals surface area (Å²) in [4.78, 5) is 33.3. The van der Waals surface area contributed by atoms with Gasteiger partial charge in [0.2, 0.25) is 6.79 Å². The highest BCUT2D eigenvalue weighted by molar-refractivity contribution is 6.21. The first-order valence-electron chi connectivity index (χ1n) is 16.1. The van der Waals surface area contributed by atoms with E-state index in [0.29, 0.717) is 47.0 Å². The number of amides is 2. The second-order valence-corrected chi connectivity index (χ2v) is 13.1. The number of hydrogen-bond donors (Lipinski definition) is 1. The molecular weight excluding hydrogens is 612 g/mol. The summed E-state index contributed by atoms with van der Waals surface area (Å²) in [6.07, 6.45) is 2.64. The van der Waals surface area contributed by atoms with Crippen molar-refractivity contribution in [3.8, 4) is 34.8 Å². The molecule has 0 aliphatic carbocycles. The van der Waals surface area contributed by atoms with Gasteiger partial charge in [0, 0.05) is 40.9 Å². The van der Waals surface area contributed by atoms with Crippen LogP contribution in [-0.4, -0.2) is 83.8 Å². The molecule has 11 heteroatoms. The van der Waals surface area contributed by atoms with Gasteiger partial charge in [-0.05, 0) is 57.0 Å². The van der Waals surface area contributed by atoms with E-state index in [9.17, 15) is 20.0 Å². The number of hydrogen-bond acceptors (Lipinski definition) is 10. The largest absolute Gasteiger partial charge is 0.504 e. The third-order valence-corrected chi connectivity index (χ3v) is 10.8. The van der Waals surface area contributed by atoms with E-state index in [-0.39, 0.29) is 55.6 Å². The molecule has 0 spiro atoms. The third kappa shape index (κ3) is 3.99. The normalized spacial score (nSPS) is 25.1. The van der Waals surface area contributed by atoms with Gasteiger partial charge in [-0.2, -0.15) is 5.26 Å². The lowest BCUT2D eigenvalue weighted by Crippen LogP contribution is -2.68. The number of fused-ring (bicyclic) bond motifs is 10. The van der Waals surface area contributed by atoms with Crippen LogP contribution in [0, 0.1) is 25.2 Å². The average molecular weight is 649 g/mol. The summed E-state index contributed by atoms with van der Waals surface area (Å²) in [5.74, 6) is 1.46. The number of rotatable bonds is 6. The molecule has 2 bridgehead atoms. The monoisotopic (exact) mass is 648 g/mol. The number of benzene rings is 3. The van der Waals surface area contributed by atoms with Crippen LogP contribution < -0.4 is 18.9 Å². The van der Waals surface area contributed by atoms with Gasteiger partial charge in [-0.25, -0.2) is 0 Å². The SMILES string of the molecule is C=CCOc1c(C)c2c(c3c1C[C@H]1C4c5c(cc(C)c(OC)c5O)CC(C(C#N)N1C3CN1C(=O)c3ccccc3C1=O)N4C)OCO2. The van der Waals surface area contributed by atoms with Gasteiger partial charge >= 0.3 is 0 Å². The van der Waals surface area contributed by atoms with Crippen LogP contribution in [0.25, 0.3) is 0 Å². The first-order valence-corrected chi connectivity index (χ1v) is 16.1. The molecule has 5 heterocycles. The number of phenols is 1. The van der Waals surface area contributed by atoms with Gasteiger partial charge in [-0.1, -0.05) is 30.9 Å². The average Bonchev–Trinajstić information content (AvgIpc) is 3.65. The standard InChI is InChI=1S/C37H36N4O7/c1-6-11-46-33-19(3)34-35(48-17-47-34)29-23(33)14-25-30-28-20(12-18(2)32(45-5)31(28)42)13-24(39(30)4)26(15-38)41(25)27(29)16-40-36(43)21-9-7-8-10-22(21)37(40)44/h6-10,12,24-27,30,42H,1,11,13-14,16-17H2,2-5H3/t24?,25-,26?,27?,30?/m0/s1. The number of carbonyl (C=O) groups excluding carboxylic acids is 2. The molecule has 4 unspecified atom stereocenters. The van der Waals surface area contributed by atoms with Crippen LogP contribution in [0.15, 0.2) is 43.0 Å². The third-order valence-electron chi connectivity index (χ3n) is 10.8. The van der Waals surface area contributed by atoms with Crippen molar-refractivity contribution in [1.29, 1.82) is 5.26 Å². The highest BCUT2D eigenvalue weighted by atomic mass is 16.7. The van der Waals surface area contributed by atoms with E-state index in [4.69, 9.17) is 18.9 Å². The number of methoxy groups -OCH3 is 1. The molecule has 8 rings (SSSR count). The Morgan fingerprint density at radius 3 is 2.44 bits per heavy atom. The smallest absolute Gasteiger partial charge is 0.261 e. The van der Waals surface area contributed by atoms with E-state index in [1.54, 1.807) is 37.5 Å². The molecule has 0 radical (unpaired) electrons. The number of phenolic OH excluding ortho intramolecular Hbond substituents is 1. The number of piperazine rings is 1. The minimum atomic E-state index is -0.650. The Balaban J connectivity index is 1.37. The summed E-state index contributed by atoms with van der Waals surface area (Å²) in [7, 11) is 3.55. The minimum absolute atomic E-state index is 0.00670. The number of aromatic hydroxyl groups is 1. The molecule has 3 aromatic rings. The van der Waals surface area contributed by atoms with Crippen molar-refractivity contribution in [2.75, 3.05) is 34.1 Å². The Hall–Kier alpha value is -5.05. The molecular formula is C37H36N4O7. The van der Waals surface area contributed by atoms with Gasteiger partial charge in [0.1, 0.15) is 18.4 Å². The van der Waals surface area contributed by atoms with E-state index in [2.05, 4.69) is 28.5 Å². The molecule has 5 atom stereocenters. The zero-order valence-corrected chi connectivity index (χ0v) is 27.3. The highest BCUT2D eigenvalue weighted by Crippen LogP contribution is 2.58. The van der Waals surface area contributed by atoms with E-state index in [0.717, 1.165) is 33.4 Å². The van der Waals surface area contributed by atoms with Crippen LogP contribution in [0.4, 0.5) is 0 Å². The predicted octanol–water partition coefficient (Wildman–Crippen LogP) is 4.38. The van der Waals surface area contributed by atoms with Gasteiger partial charge in [0.25, 0.3) is 11.8 Å². The van der Waals surface area contributed by atoms with Crippen LogP contribution in [0.3, 0.4) is 0 Å². The van der Waals surface area contributed by atoms with E-state index in [1.165, 1.54) is 4.90 Å². The predicted molar refractivity (Wildman–Crippen MR) is 174 cm³/mol. The van der Waals surface area contributed by atoms with Crippen LogP contribution in [0.5, 0.6) is 28.7 Å². The van der Waals surface area contributed by atoms with Crippen LogP contribution in [0.1, 0.15) is 66.2 Å². The summed E-state index contributed by atoms with van der Waals surface area (Å²) < 4.78 is 24.2. The number of nitriles is 1. The zero-order chi connectivity index (χ0) is 33.6. The first kappa shape index (κ1) is 30.3. The molecule has 1 N–H and O–H groups in total. The maximum absolute atomic E-state index is 13.8. The number of ether oxygens (including phenoxy) is 4. The van der Waals surface area contributed by atoms with Gasteiger partial charge in [0.05, 0.1) is 36.4 Å². The van der Waals surface area contributed by atoms with Crippen LogP contribution in [-0.2, 0) is 12.8 Å². The lowest BCUT2D eigenvalue weighted by Gasteiger charge is -2.60. The second kappa shape index (κ2) is 11.0. The maximum Gasteiger partial charge on any atom is 0.261 e. The fourth-order valence-corrected chi connectivity index (χ4v) is 8.92. The quantitative estimate of drug-likeness (QED) is 0.304. The topological polar surface area (TPSA) is 125 Å². The summed E-state index contributed by atoms with van der Waals surface area (Å²) in [6, 6.07) is 9.26. The summed E-state index contributed by atoms with van der Waals surface area (Å²) >= 11 is 0. The molecule has 0 aromatic heterocycles. The van der Waals surface area contributed by atoms with Crippen molar-refractivity contribution in [2.24, 2.45) is 0 Å². The van der Waals surface area contributed by atoms with E-state index >= 15 is 0 Å². The van der Waals surface area contributed by atoms with E-state index in [1.807, 2.05) is 20.9 Å². The molecule has 2 amide bonds. The lowest BCUT2D eigenvalue weighted by atomic mass is 9.71. The van der Waals surface area contributed by atoms with Crippen LogP contribution >= 0.6 is 0 Å². The molecule has 5 aliphatic heterocycles. The fourth-order valence-electron chi connectivity index (χ4n) is 8.92. The number of aryl methyl sites for hydroxylation is 1. The van der Waals surface area contributed by atoms with Crippen molar-refractivity contribution < 1.29 is 33.6 Å². The Morgan fingerprint density at radius 2 is 1.77 bits per heavy atom. The van der Waals surface area contributed by atoms with Gasteiger partial charge < -0.3 is 24.1 Å².